The highest BCUT2D eigenvalue weighted by Gasteiger charge is 2.38. The predicted octanol–water partition coefficient (Wildman–Crippen LogP) is 1.29. The van der Waals surface area contributed by atoms with E-state index >= 15 is 0 Å². The Morgan fingerprint density at radius 1 is 1.07 bits per heavy atom. The lowest BCUT2D eigenvalue weighted by Crippen LogP contribution is -2.46. The molecular formula is C32H40FN5O7. The number of amides is 4. The molecule has 2 heterocycles. The van der Waals surface area contributed by atoms with Crippen LogP contribution in [-0.2, 0) is 30.5 Å². The van der Waals surface area contributed by atoms with Gasteiger partial charge in [-0.3, -0.25) is 19.2 Å². The van der Waals surface area contributed by atoms with Crippen molar-refractivity contribution in [2.45, 2.75) is 44.0 Å². The summed E-state index contributed by atoms with van der Waals surface area (Å²) in [4.78, 5) is 71.8. The lowest BCUT2D eigenvalue weighted by Gasteiger charge is -2.28. The second-order valence-corrected chi connectivity index (χ2v) is 11.7. The quantitative estimate of drug-likeness (QED) is 0.476. The fourth-order valence-electron chi connectivity index (χ4n) is 5.49. The van der Waals surface area contributed by atoms with Crippen molar-refractivity contribution in [2.24, 2.45) is 0 Å². The predicted molar refractivity (Wildman–Crippen MR) is 161 cm³/mol. The van der Waals surface area contributed by atoms with Crippen LogP contribution in [0.15, 0.2) is 48.5 Å². The van der Waals surface area contributed by atoms with Gasteiger partial charge < -0.3 is 34.4 Å². The smallest absolute Gasteiger partial charge is 0.329 e. The Labute approximate surface area is 262 Å². The third-order valence-electron chi connectivity index (χ3n) is 7.88. The minimum Gasteiger partial charge on any atom is -0.491 e. The van der Waals surface area contributed by atoms with Crippen LogP contribution in [0.2, 0.25) is 0 Å². The maximum Gasteiger partial charge on any atom is 0.329 e. The van der Waals surface area contributed by atoms with Gasteiger partial charge in [-0.1, -0.05) is 30.3 Å². The lowest BCUT2D eigenvalue weighted by molar-refractivity contribution is -0.150. The Morgan fingerprint density at radius 3 is 2.51 bits per heavy atom. The van der Waals surface area contributed by atoms with Crippen LogP contribution in [0.4, 0.5) is 4.39 Å². The topological polar surface area (TPSA) is 129 Å². The van der Waals surface area contributed by atoms with E-state index in [1.165, 1.54) is 25.1 Å². The van der Waals surface area contributed by atoms with Crippen molar-refractivity contribution < 1.29 is 37.8 Å². The Morgan fingerprint density at radius 2 is 1.80 bits per heavy atom. The summed E-state index contributed by atoms with van der Waals surface area (Å²) in [5.41, 5.74) is 0.621. The van der Waals surface area contributed by atoms with Gasteiger partial charge in [0, 0.05) is 33.1 Å². The van der Waals surface area contributed by atoms with Crippen LogP contribution in [0.3, 0.4) is 0 Å². The van der Waals surface area contributed by atoms with Crippen LogP contribution in [-0.4, -0.2) is 122 Å². The molecule has 1 N–H and O–H groups in total. The number of carbonyl (C=O) groups excluding carboxylic acids is 5. The third kappa shape index (κ3) is 8.78. The number of rotatable bonds is 6. The Kier molecular flexibility index (Phi) is 11.1. The average molecular weight is 626 g/mol. The highest BCUT2D eigenvalue weighted by atomic mass is 19.1. The molecule has 2 aliphatic heterocycles. The minimum absolute atomic E-state index is 0.0390. The standard InChI is InChI=1S/C32H40FN5O7/c1-35(2)17-28(39)34-23-15-24-20-44-27-12-10-22(33)14-25(27)31(42)37(4)26(32(43)45-19-21-8-6-5-7-9-21)11-13-29(40)36(3)18-30(41)38(24)16-23/h5-10,12,14,23-24,26H,11,13,15-20H2,1-4H3,(H,34,39)/t23-,24-,26-/m0/s1. The van der Waals surface area contributed by atoms with E-state index in [1.807, 2.05) is 6.07 Å². The number of nitrogens with one attached hydrogen (secondary N) is 1. The maximum atomic E-state index is 14.5. The van der Waals surface area contributed by atoms with Crippen LogP contribution < -0.4 is 10.1 Å². The summed E-state index contributed by atoms with van der Waals surface area (Å²) in [6, 6.07) is 10.5. The Hall–Kier alpha value is -4.52. The highest BCUT2D eigenvalue weighted by Crippen LogP contribution is 2.26. The molecule has 0 aromatic heterocycles. The van der Waals surface area contributed by atoms with E-state index in [2.05, 4.69) is 5.32 Å². The van der Waals surface area contributed by atoms with Crippen molar-refractivity contribution in [3.8, 4) is 5.75 Å². The molecular weight excluding hydrogens is 585 g/mol. The van der Waals surface area contributed by atoms with Gasteiger partial charge in [0.25, 0.3) is 5.91 Å². The fraction of sp³-hybridized carbons (Fsp3) is 0.469. The minimum atomic E-state index is -1.18. The number of esters is 1. The number of hydrogen-bond donors (Lipinski definition) is 1. The molecule has 1 fully saturated rings. The SMILES string of the molecule is CN(C)CC(=O)N[C@H]1C[C@H]2COc3ccc(F)cc3C(=O)N(C)[C@H](C(=O)OCc3ccccc3)CCC(=O)N(C)CC(=O)N2C1. The van der Waals surface area contributed by atoms with Crippen molar-refractivity contribution in [3.05, 3.63) is 65.5 Å². The number of nitrogens with zero attached hydrogens (tertiary/aromatic N) is 4. The number of fused-ring (bicyclic) bond motifs is 2. The molecule has 0 saturated carbocycles. The molecule has 1 saturated heterocycles. The summed E-state index contributed by atoms with van der Waals surface area (Å²) < 4.78 is 26.0. The fourth-order valence-corrected chi connectivity index (χ4v) is 5.49. The molecule has 13 heteroatoms. The van der Waals surface area contributed by atoms with Crippen LogP contribution in [0.5, 0.6) is 5.75 Å². The molecule has 3 atom stereocenters. The number of hydrogen-bond acceptors (Lipinski definition) is 8. The van der Waals surface area contributed by atoms with E-state index in [1.54, 1.807) is 48.2 Å². The first kappa shape index (κ1) is 33.4. The first-order valence-electron chi connectivity index (χ1n) is 14.8. The zero-order chi connectivity index (χ0) is 32.7. The summed E-state index contributed by atoms with van der Waals surface area (Å²) in [5.74, 6) is -2.99. The van der Waals surface area contributed by atoms with Crippen molar-refractivity contribution >= 4 is 29.6 Å². The van der Waals surface area contributed by atoms with Gasteiger partial charge in [0.15, 0.2) is 0 Å². The van der Waals surface area contributed by atoms with E-state index in [0.717, 1.165) is 22.6 Å². The first-order chi connectivity index (χ1) is 21.4. The molecule has 2 aromatic rings. The van der Waals surface area contributed by atoms with E-state index < -0.39 is 35.7 Å². The second kappa shape index (κ2) is 15.0. The Bertz CT molecular complexity index is 1410. The van der Waals surface area contributed by atoms with E-state index in [4.69, 9.17) is 9.47 Å². The van der Waals surface area contributed by atoms with Crippen molar-refractivity contribution in [2.75, 3.05) is 54.4 Å². The molecule has 12 nitrogen and oxygen atoms in total. The lowest BCUT2D eigenvalue weighted by atomic mass is 10.1. The summed E-state index contributed by atoms with van der Waals surface area (Å²) in [6.07, 6.45) is 0.124. The molecule has 4 rings (SSSR count). The van der Waals surface area contributed by atoms with Gasteiger partial charge in [0.1, 0.15) is 30.8 Å². The number of ether oxygens (including phenoxy) is 2. The van der Waals surface area contributed by atoms with Crippen LogP contribution in [0.1, 0.15) is 35.2 Å². The summed E-state index contributed by atoms with van der Waals surface area (Å²) in [5, 5.41) is 2.94. The average Bonchev–Trinajstić information content (AvgIpc) is 3.40. The molecule has 45 heavy (non-hydrogen) atoms. The van der Waals surface area contributed by atoms with Crippen molar-refractivity contribution in [1.29, 1.82) is 0 Å². The van der Waals surface area contributed by atoms with Gasteiger partial charge in [-0.25, -0.2) is 9.18 Å². The van der Waals surface area contributed by atoms with E-state index in [-0.39, 0.29) is 74.9 Å². The van der Waals surface area contributed by atoms with Crippen molar-refractivity contribution in [1.82, 2.24) is 24.9 Å². The number of halogens is 1. The maximum absolute atomic E-state index is 14.5. The van der Waals surface area contributed by atoms with Gasteiger partial charge in [-0.15, -0.1) is 0 Å². The summed E-state index contributed by atoms with van der Waals surface area (Å²) in [6.45, 7) is 0.0667. The van der Waals surface area contributed by atoms with Gasteiger partial charge in [0.2, 0.25) is 17.7 Å². The van der Waals surface area contributed by atoms with Crippen molar-refractivity contribution in [3.63, 3.8) is 0 Å². The van der Waals surface area contributed by atoms with Crippen LogP contribution >= 0.6 is 0 Å². The summed E-state index contributed by atoms with van der Waals surface area (Å²) in [7, 11) is 6.43. The monoisotopic (exact) mass is 625 g/mol. The molecule has 2 aliphatic rings. The molecule has 242 valence electrons. The zero-order valence-electron chi connectivity index (χ0n) is 26.0. The second-order valence-electron chi connectivity index (χ2n) is 11.7. The molecule has 2 aromatic carbocycles. The molecule has 0 unspecified atom stereocenters. The largest absolute Gasteiger partial charge is 0.491 e. The number of carbonyl (C=O) groups is 5. The third-order valence-corrected chi connectivity index (χ3v) is 7.88. The molecule has 0 bridgehead atoms. The van der Waals surface area contributed by atoms with E-state index in [0.29, 0.717) is 6.42 Å². The first-order valence-corrected chi connectivity index (χ1v) is 14.8. The Balaban J connectivity index is 1.61. The number of likely N-dealkylation sites (N-methyl/N-ethyl adjacent to an activating group) is 3. The van der Waals surface area contributed by atoms with Gasteiger partial charge in [-0.2, -0.15) is 0 Å². The van der Waals surface area contributed by atoms with Gasteiger partial charge in [-0.05, 0) is 50.7 Å². The van der Waals surface area contributed by atoms with Crippen LogP contribution in [0, 0.1) is 5.82 Å². The molecule has 4 amide bonds. The molecule has 0 spiro atoms. The number of benzene rings is 2. The summed E-state index contributed by atoms with van der Waals surface area (Å²) >= 11 is 0. The molecule has 0 aliphatic carbocycles. The van der Waals surface area contributed by atoms with Gasteiger partial charge in [0.05, 0.1) is 24.7 Å². The molecule has 0 radical (unpaired) electrons. The highest BCUT2D eigenvalue weighted by molar-refractivity contribution is 5.99. The normalized spacial score (nSPS) is 21.4. The van der Waals surface area contributed by atoms with Crippen LogP contribution in [0.25, 0.3) is 0 Å². The van der Waals surface area contributed by atoms with E-state index in [9.17, 15) is 28.4 Å². The zero-order valence-corrected chi connectivity index (χ0v) is 26.0. The van der Waals surface area contributed by atoms with Gasteiger partial charge >= 0.3 is 5.97 Å².